The molecular formula is C11H13N3O6. The Balaban J connectivity index is 2.81. The molecule has 9 heteroatoms. The number of aliphatic carboxylic acids is 1. The van der Waals surface area contributed by atoms with Gasteiger partial charge in [-0.1, -0.05) is 0 Å². The van der Waals surface area contributed by atoms with Crippen LogP contribution in [-0.2, 0) is 4.79 Å². The predicted octanol–water partition coefficient (Wildman–Crippen LogP) is 0.266. The highest BCUT2D eigenvalue weighted by molar-refractivity contribution is 5.94. The molecule has 0 aliphatic carbocycles. The van der Waals surface area contributed by atoms with Crippen LogP contribution in [0.5, 0.6) is 0 Å². The van der Waals surface area contributed by atoms with E-state index in [9.17, 15) is 24.5 Å². The van der Waals surface area contributed by atoms with Crippen LogP contribution in [0.15, 0.2) is 17.1 Å². The first kappa shape index (κ1) is 15.3. The molecule has 1 rings (SSSR count). The van der Waals surface area contributed by atoms with E-state index in [0.29, 0.717) is 0 Å². The lowest BCUT2D eigenvalue weighted by Crippen LogP contribution is -2.36. The van der Waals surface area contributed by atoms with Crippen LogP contribution in [0, 0.1) is 10.1 Å². The molecule has 0 aliphatic heterocycles. The molecule has 1 unspecified atom stereocenters. The Kier molecular flexibility index (Phi) is 4.95. The van der Waals surface area contributed by atoms with Gasteiger partial charge < -0.3 is 15.4 Å². The topological polar surface area (TPSA) is 142 Å². The third-order valence-corrected chi connectivity index (χ3v) is 2.51. The van der Waals surface area contributed by atoms with Gasteiger partial charge in [0.25, 0.3) is 17.2 Å². The van der Waals surface area contributed by atoms with Crippen LogP contribution in [0.1, 0.15) is 30.1 Å². The van der Waals surface area contributed by atoms with E-state index in [4.69, 9.17) is 5.11 Å². The summed E-state index contributed by atoms with van der Waals surface area (Å²) in [6.45, 7) is 1.58. The number of hydrogen-bond donors (Lipinski definition) is 3. The van der Waals surface area contributed by atoms with Crippen LogP contribution in [0.4, 0.5) is 5.69 Å². The smallest absolute Gasteiger partial charge is 0.303 e. The molecule has 0 aliphatic rings. The van der Waals surface area contributed by atoms with Gasteiger partial charge in [0.2, 0.25) is 0 Å². The largest absolute Gasteiger partial charge is 0.481 e. The second-order valence-electron chi connectivity index (χ2n) is 4.16. The van der Waals surface area contributed by atoms with Crippen molar-refractivity contribution < 1.29 is 19.6 Å². The van der Waals surface area contributed by atoms with E-state index in [1.807, 2.05) is 0 Å². The number of nitrogens with zero attached hydrogens (tertiary/aromatic N) is 1. The van der Waals surface area contributed by atoms with Gasteiger partial charge in [-0.3, -0.25) is 24.5 Å². The molecule has 0 saturated carbocycles. The summed E-state index contributed by atoms with van der Waals surface area (Å²) in [5.74, 6) is -1.79. The Morgan fingerprint density at radius 3 is 2.75 bits per heavy atom. The molecule has 0 bridgehead atoms. The van der Waals surface area contributed by atoms with Crippen molar-refractivity contribution in [3.63, 3.8) is 0 Å². The molecule has 9 nitrogen and oxygen atoms in total. The standard InChI is InChI=1S/C11H13N3O6/c1-6(2-3-9(15)16)13-11(18)8-4-7(14(19)20)5-12-10(8)17/h4-6H,2-3H2,1H3,(H,12,17)(H,13,18)(H,15,16). The number of carbonyl (C=O) groups is 2. The van der Waals surface area contributed by atoms with Crippen molar-refractivity contribution in [3.8, 4) is 0 Å². The Morgan fingerprint density at radius 1 is 1.55 bits per heavy atom. The third kappa shape index (κ3) is 4.19. The van der Waals surface area contributed by atoms with Crippen LogP contribution < -0.4 is 10.9 Å². The van der Waals surface area contributed by atoms with E-state index < -0.39 is 34.1 Å². The number of aromatic nitrogens is 1. The third-order valence-electron chi connectivity index (χ3n) is 2.51. The van der Waals surface area contributed by atoms with Crippen molar-refractivity contribution >= 4 is 17.6 Å². The summed E-state index contributed by atoms with van der Waals surface area (Å²) >= 11 is 0. The fourth-order valence-electron chi connectivity index (χ4n) is 1.46. The zero-order chi connectivity index (χ0) is 15.3. The van der Waals surface area contributed by atoms with Gasteiger partial charge >= 0.3 is 5.97 Å². The van der Waals surface area contributed by atoms with Gasteiger partial charge in [-0.2, -0.15) is 0 Å². The number of rotatable bonds is 6. The van der Waals surface area contributed by atoms with Crippen molar-refractivity contribution in [3.05, 3.63) is 38.3 Å². The molecule has 0 saturated heterocycles. The molecule has 1 atom stereocenters. The average Bonchev–Trinajstić information content (AvgIpc) is 2.36. The molecule has 1 aromatic rings. The molecule has 0 radical (unpaired) electrons. The molecule has 1 aromatic heterocycles. The number of hydrogen-bond acceptors (Lipinski definition) is 5. The lowest BCUT2D eigenvalue weighted by molar-refractivity contribution is -0.385. The molecule has 0 spiro atoms. The molecule has 3 N–H and O–H groups in total. The number of nitrogens with one attached hydrogen (secondary N) is 2. The maximum absolute atomic E-state index is 11.8. The average molecular weight is 283 g/mol. The van der Waals surface area contributed by atoms with Gasteiger partial charge in [0.1, 0.15) is 5.56 Å². The summed E-state index contributed by atoms with van der Waals surface area (Å²) < 4.78 is 0. The molecule has 0 fully saturated rings. The van der Waals surface area contributed by atoms with E-state index in [1.54, 1.807) is 6.92 Å². The van der Waals surface area contributed by atoms with Crippen molar-refractivity contribution in [1.82, 2.24) is 10.3 Å². The number of aromatic amines is 1. The maximum Gasteiger partial charge on any atom is 0.303 e. The predicted molar refractivity (Wildman–Crippen MR) is 67.5 cm³/mol. The maximum atomic E-state index is 11.8. The lowest BCUT2D eigenvalue weighted by atomic mass is 10.1. The monoisotopic (exact) mass is 283 g/mol. The van der Waals surface area contributed by atoms with Gasteiger partial charge in [-0.15, -0.1) is 0 Å². The molecular weight excluding hydrogens is 270 g/mol. The van der Waals surface area contributed by atoms with Crippen molar-refractivity contribution in [2.24, 2.45) is 0 Å². The normalized spacial score (nSPS) is 11.7. The fraction of sp³-hybridized carbons (Fsp3) is 0.364. The first-order valence-corrected chi connectivity index (χ1v) is 5.71. The number of carbonyl (C=O) groups excluding carboxylic acids is 1. The van der Waals surface area contributed by atoms with E-state index in [1.165, 1.54) is 0 Å². The Bertz CT molecular complexity index is 594. The van der Waals surface area contributed by atoms with Crippen LogP contribution in [0.25, 0.3) is 0 Å². The minimum absolute atomic E-state index is 0.132. The molecule has 1 amide bonds. The van der Waals surface area contributed by atoms with E-state index in [2.05, 4.69) is 10.3 Å². The second-order valence-corrected chi connectivity index (χ2v) is 4.16. The van der Waals surface area contributed by atoms with Gasteiger partial charge in [0.15, 0.2) is 0 Å². The first-order valence-electron chi connectivity index (χ1n) is 5.71. The second kappa shape index (κ2) is 6.45. The summed E-state index contributed by atoms with van der Waals surface area (Å²) in [5, 5.41) is 21.5. The van der Waals surface area contributed by atoms with Crippen LogP contribution in [0.3, 0.4) is 0 Å². The van der Waals surface area contributed by atoms with Crippen molar-refractivity contribution in [2.75, 3.05) is 0 Å². The van der Waals surface area contributed by atoms with Crippen LogP contribution >= 0.6 is 0 Å². The van der Waals surface area contributed by atoms with E-state index in [-0.39, 0.29) is 18.4 Å². The Hall–Kier alpha value is -2.71. The summed E-state index contributed by atoms with van der Waals surface area (Å²) in [5.41, 5.74) is -1.55. The number of amides is 1. The number of carboxylic acids is 1. The van der Waals surface area contributed by atoms with Gasteiger partial charge in [0, 0.05) is 18.5 Å². The van der Waals surface area contributed by atoms with Crippen molar-refractivity contribution in [1.29, 1.82) is 0 Å². The van der Waals surface area contributed by atoms with Crippen LogP contribution in [0.2, 0.25) is 0 Å². The highest BCUT2D eigenvalue weighted by Gasteiger charge is 2.17. The first-order chi connectivity index (χ1) is 9.31. The number of H-pyrrole nitrogens is 1. The van der Waals surface area contributed by atoms with Crippen molar-refractivity contribution in [2.45, 2.75) is 25.8 Å². The highest BCUT2D eigenvalue weighted by Crippen LogP contribution is 2.08. The van der Waals surface area contributed by atoms with Crippen LogP contribution in [-0.4, -0.2) is 32.9 Å². The molecule has 0 aromatic carbocycles. The summed E-state index contributed by atoms with van der Waals surface area (Å²) in [6, 6.07) is 0.398. The SMILES string of the molecule is CC(CCC(=O)O)NC(=O)c1cc([N+](=O)[O-])c[nH]c1=O. The zero-order valence-electron chi connectivity index (χ0n) is 10.6. The summed E-state index contributed by atoms with van der Waals surface area (Å²) in [7, 11) is 0. The number of carboxylic acid groups (broad SMARTS) is 1. The fourth-order valence-corrected chi connectivity index (χ4v) is 1.46. The van der Waals surface area contributed by atoms with Gasteiger partial charge in [-0.05, 0) is 13.3 Å². The van der Waals surface area contributed by atoms with Gasteiger partial charge in [0.05, 0.1) is 11.1 Å². The quantitative estimate of drug-likeness (QED) is 0.505. The number of nitro groups is 1. The lowest BCUT2D eigenvalue weighted by Gasteiger charge is -2.12. The minimum atomic E-state index is -1.00. The summed E-state index contributed by atoms with van der Waals surface area (Å²) in [4.78, 5) is 45.6. The van der Waals surface area contributed by atoms with E-state index in [0.717, 1.165) is 12.3 Å². The molecule has 20 heavy (non-hydrogen) atoms. The Labute approximate surface area is 112 Å². The number of pyridine rings is 1. The zero-order valence-corrected chi connectivity index (χ0v) is 10.6. The molecule has 1 heterocycles. The highest BCUT2D eigenvalue weighted by atomic mass is 16.6. The Morgan fingerprint density at radius 2 is 2.20 bits per heavy atom. The molecule has 108 valence electrons. The van der Waals surface area contributed by atoms with Gasteiger partial charge in [-0.25, -0.2) is 0 Å². The minimum Gasteiger partial charge on any atom is -0.481 e. The van der Waals surface area contributed by atoms with E-state index >= 15 is 0 Å². The summed E-state index contributed by atoms with van der Waals surface area (Å²) in [6.07, 6.45) is 0.952.